The summed E-state index contributed by atoms with van der Waals surface area (Å²) in [5.41, 5.74) is 3.31. The minimum atomic E-state index is 0.186. The van der Waals surface area contributed by atoms with Crippen molar-refractivity contribution in [3.05, 3.63) is 34.9 Å². The van der Waals surface area contributed by atoms with E-state index < -0.39 is 0 Å². The molecule has 5 rings (SSSR count). The Morgan fingerprint density at radius 1 is 0.719 bits per heavy atom. The van der Waals surface area contributed by atoms with Crippen LogP contribution < -0.4 is 0 Å². The van der Waals surface area contributed by atoms with Crippen LogP contribution in [0.3, 0.4) is 0 Å². The lowest BCUT2D eigenvalue weighted by molar-refractivity contribution is -0.137. The van der Waals surface area contributed by atoms with Gasteiger partial charge in [-0.1, -0.05) is 31.7 Å². The lowest BCUT2D eigenvalue weighted by atomic mass is 9.87. The van der Waals surface area contributed by atoms with Crippen molar-refractivity contribution in [2.24, 2.45) is 5.92 Å². The van der Waals surface area contributed by atoms with Crippen LogP contribution in [0.15, 0.2) is 18.2 Å². The maximum Gasteiger partial charge on any atom is 0.253 e. The van der Waals surface area contributed by atoms with Crippen molar-refractivity contribution in [2.45, 2.75) is 83.2 Å². The molecule has 4 aliphatic rings. The van der Waals surface area contributed by atoms with Crippen molar-refractivity contribution in [3.63, 3.8) is 0 Å². The number of carbonyl (C=O) groups excluding carboxylic acids is 2. The topological polar surface area (TPSA) is 43.9 Å². The number of piperidine rings is 2. The molecule has 32 heavy (non-hydrogen) atoms. The van der Waals surface area contributed by atoms with Crippen molar-refractivity contribution >= 4 is 11.8 Å². The number of benzene rings is 1. The van der Waals surface area contributed by atoms with Crippen LogP contribution in [0.2, 0.25) is 0 Å². The molecular formula is C27H39N3O2. The summed E-state index contributed by atoms with van der Waals surface area (Å²) in [6.45, 7) is 5.73. The van der Waals surface area contributed by atoms with Crippen LogP contribution in [0, 0.1) is 5.92 Å². The quantitative estimate of drug-likeness (QED) is 0.710. The van der Waals surface area contributed by atoms with Gasteiger partial charge in [0.2, 0.25) is 5.91 Å². The van der Waals surface area contributed by atoms with E-state index in [1.165, 1.54) is 62.7 Å². The summed E-state index contributed by atoms with van der Waals surface area (Å²) in [7, 11) is 0. The molecular weight excluding hydrogens is 398 g/mol. The Morgan fingerprint density at radius 2 is 1.44 bits per heavy atom. The first-order chi connectivity index (χ1) is 15.7. The largest absolute Gasteiger partial charge is 0.339 e. The molecule has 2 saturated heterocycles. The van der Waals surface area contributed by atoms with Crippen LogP contribution in [-0.2, 0) is 17.8 Å². The lowest BCUT2D eigenvalue weighted by Crippen LogP contribution is -2.48. The smallest absolute Gasteiger partial charge is 0.253 e. The maximum atomic E-state index is 13.2. The first-order valence-corrected chi connectivity index (χ1v) is 13.1. The summed E-state index contributed by atoms with van der Waals surface area (Å²) >= 11 is 0. The van der Waals surface area contributed by atoms with E-state index in [1.54, 1.807) is 0 Å². The number of amides is 2. The highest BCUT2D eigenvalue weighted by Gasteiger charge is 2.30. The molecule has 174 valence electrons. The molecule has 0 aromatic heterocycles. The van der Waals surface area contributed by atoms with E-state index in [-0.39, 0.29) is 11.8 Å². The Labute approximate surface area is 193 Å². The van der Waals surface area contributed by atoms with Crippen LogP contribution in [0.1, 0.15) is 85.7 Å². The fourth-order valence-electron chi connectivity index (χ4n) is 6.38. The summed E-state index contributed by atoms with van der Waals surface area (Å²) in [4.78, 5) is 32.9. The van der Waals surface area contributed by atoms with E-state index in [9.17, 15) is 9.59 Å². The number of likely N-dealkylation sites (tertiary alicyclic amines) is 2. The van der Waals surface area contributed by atoms with E-state index in [2.05, 4.69) is 26.8 Å². The van der Waals surface area contributed by atoms with Gasteiger partial charge in [-0.25, -0.2) is 0 Å². The van der Waals surface area contributed by atoms with Crippen molar-refractivity contribution in [1.82, 2.24) is 14.7 Å². The summed E-state index contributed by atoms with van der Waals surface area (Å²) in [5.74, 6) is 0.775. The van der Waals surface area contributed by atoms with Gasteiger partial charge in [0.25, 0.3) is 5.91 Å². The highest BCUT2D eigenvalue weighted by molar-refractivity contribution is 5.94. The first-order valence-electron chi connectivity index (χ1n) is 13.1. The van der Waals surface area contributed by atoms with Gasteiger partial charge in [0.05, 0.1) is 0 Å². The van der Waals surface area contributed by atoms with Gasteiger partial charge in [-0.15, -0.1) is 0 Å². The third-order valence-corrected chi connectivity index (χ3v) is 8.39. The number of carbonyl (C=O) groups is 2. The maximum absolute atomic E-state index is 13.2. The molecule has 0 spiro atoms. The Bertz CT molecular complexity index is 818. The molecule has 0 radical (unpaired) electrons. The summed E-state index contributed by atoms with van der Waals surface area (Å²) in [6, 6.07) is 6.86. The molecule has 1 saturated carbocycles. The van der Waals surface area contributed by atoms with Crippen molar-refractivity contribution < 1.29 is 9.59 Å². The van der Waals surface area contributed by atoms with Crippen molar-refractivity contribution in [1.29, 1.82) is 0 Å². The molecule has 1 aromatic rings. The predicted molar refractivity (Wildman–Crippen MR) is 126 cm³/mol. The molecule has 5 nitrogen and oxygen atoms in total. The third kappa shape index (κ3) is 4.73. The van der Waals surface area contributed by atoms with Gasteiger partial charge < -0.3 is 14.7 Å². The molecule has 3 aliphatic heterocycles. The zero-order valence-corrected chi connectivity index (χ0v) is 19.6. The molecule has 1 aromatic carbocycles. The van der Waals surface area contributed by atoms with E-state index in [0.717, 1.165) is 57.3 Å². The molecule has 2 amide bonds. The van der Waals surface area contributed by atoms with Crippen LogP contribution in [0.5, 0.6) is 0 Å². The zero-order valence-electron chi connectivity index (χ0n) is 19.6. The molecule has 0 bridgehead atoms. The molecule has 1 aliphatic carbocycles. The number of rotatable bonds is 3. The van der Waals surface area contributed by atoms with Crippen LogP contribution in [0.25, 0.3) is 0 Å². The monoisotopic (exact) mass is 437 g/mol. The first kappa shape index (κ1) is 21.9. The lowest BCUT2D eigenvalue weighted by Gasteiger charge is -2.40. The fourth-order valence-corrected chi connectivity index (χ4v) is 6.38. The number of nitrogens with zero attached hydrogens (tertiary/aromatic N) is 3. The summed E-state index contributed by atoms with van der Waals surface area (Å²) in [6.07, 6.45) is 12.9. The zero-order chi connectivity index (χ0) is 21.9. The molecule has 0 N–H and O–H groups in total. The normalized spacial score (nSPS) is 23.8. The van der Waals surface area contributed by atoms with E-state index in [0.29, 0.717) is 18.5 Å². The average molecular weight is 438 g/mol. The van der Waals surface area contributed by atoms with Crippen LogP contribution in [0.4, 0.5) is 0 Å². The second-order valence-corrected chi connectivity index (χ2v) is 10.4. The van der Waals surface area contributed by atoms with Gasteiger partial charge in [-0.2, -0.15) is 0 Å². The summed E-state index contributed by atoms with van der Waals surface area (Å²) in [5, 5.41) is 0. The number of fused-ring (bicyclic) bond motifs is 1. The standard InChI is InChI=1S/C27H39N3O2/c31-26(21-7-3-1-4-8-21)30-16-11-22-19-23(9-10-24(22)20-30)27(32)29-17-12-25(13-18-29)28-14-5-2-6-15-28/h9-10,19,21,25H,1-8,11-18,20H2. The van der Waals surface area contributed by atoms with E-state index in [1.807, 2.05) is 6.07 Å². The molecule has 0 atom stereocenters. The highest BCUT2D eigenvalue weighted by atomic mass is 16.2. The SMILES string of the molecule is O=C(c1ccc2c(c1)CCN(C(=O)C1CCCCC1)C2)N1CCC(N2CCCCC2)CC1. The van der Waals surface area contributed by atoms with Gasteiger partial charge in [0, 0.05) is 43.7 Å². The predicted octanol–water partition coefficient (Wildman–Crippen LogP) is 4.24. The van der Waals surface area contributed by atoms with Gasteiger partial charge in [-0.3, -0.25) is 9.59 Å². The van der Waals surface area contributed by atoms with Gasteiger partial charge in [0.1, 0.15) is 0 Å². The molecule has 0 unspecified atom stereocenters. The Kier molecular flexibility index (Phi) is 6.82. The summed E-state index contributed by atoms with van der Waals surface area (Å²) < 4.78 is 0. The molecule has 3 fully saturated rings. The highest BCUT2D eigenvalue weighted by Crippen LogP contribution is 2.29. The van der Waals surface area contributed by atoms with Gasteiger partial charge >= 0.3 is 0 Å². The second-order valence-electron chi connectivity index (χ2n) is 10.4. The Morgan fingerprint density at radius 3 is 2.19 bits per heavy atom. The van der Waals surface area contributed by atoms with Crippen LogP contribution >= 0.6 is 0 Å². The van der Waals surface area contributed by atoms with Gasteiger partial charge in [-0.05, 0) is 81.3 Å². The Hall–Kier alpha value is -1.88. The minimum Gasteiger partial charge on any atom is -0.339 e. The van der Waals surface area contributed by atoms with Crippen molar-refractivity contribution in [3.8, 4) is 0 Å². The van der Waals surface area contributed by atoms with E-state index in [4.69, 9.17) is 0 Å². The number of hydrogen-bond donors (Lipinski definition) is 0. The van der Waals surface area contributed by atoms with Crippen molar-refractivity contribution in [2.75, 3.05) is 32.7 Å². The van der Waals surface area contributed by atoms with E-state index >= 15 is 0 Å². The molecule has 3 heterocycles. The second kappa shape index (κ2) is 9.94. The fraction of sp³-hybridized carbons (Fsp3) is 0.704. The minimum absolute atomic E-state index is 0.186. The van der Waals surface area contributed by atoms with Crippen LogP contribution in [-0.4, -0.2) is 65.3 Å². The van der Waals surface area contributed by atoms with Gasteiger partial charge in [0.15, 0.2) is 0 Å². The molecule has 5 heteroatoms. The average Bonchev–Trinajstić information content (AvgIpc) is 2.88. The third-order valence-electron chi connectivity index (χ3n) is 8.39. The number of hydrogen-bond acceptors (Lipinski definition) is 3. The Balaban J connectivity index is 1.17.